The Morgan fingerprint density at radius 1 is 1.39 bits per heavy atom. The Hall–Kier alpha value is -0.970. The third kappa shape index (κ3) is 5.58. The Labute approximate surface area is 116 Å². The van der Waals surface area contributed by atoms with E-state index >= 15 is 0 Å². The third-order valence-corrected chi connectivity index (χ3v) is 2.65. The molecule has 0 bridgehead atoms. The Kier molecular flexibility index (Phi) is 6.86. The molecule has 0 atom stereocenters. The highest BCUT2D eigenvalue weighted by molar-refractivity contribution is 6.34. The molecule has 0 heterocycles. The summed E-state index contributed by atoms with van der Waals surface area (Å²) in [5, 5.41) is 3.63. The highest BCUT2D eigenvalue weighted by Gasteiger charge is 2.06. The van der Waals surface area contributed by atoms with E-state index in [1.165, 1.54) is 0 Å². The number of hydrogen-bond donors (Lipinski definition) is 1. The van der Waals surface area contributed by atoms with Gasteiger partial charge >= 0.3 is 0 Å². The Bertz CT molecular complexity index is 399. The third-order valence-electron chi connectivity index (χ3n) is 2.10. The molecule has 0 radical (unpaired) electrons. The van der Waals surface area contributed by atoms with Gasteiger partial charge in [-0.1, -0.05) is 23.2 Å². The average molecular weight is 292 g/mol. The fourth-order valence-corrected chi connectivity index (χ4v) is 1.56. The van der Waals surface area contributed by atoms with E-state index in [2.05, 4.69) is 5.32 Å². The monoisotopic (exact) mass is 291 g/mol. The predicted molar refractivity (Wildman–Crippen MR) is 71.5 cm³/mol. The maximum atomic E-state index is 11.4. The summed E-state index contributed by atoms with van der Waals surface area (Å²) in [4.78, 5) is 11.4. The average Bonchev–Trinajstić information content (AvgIpc) is 2.36. The molecule has 1 rings (SSSR count). The summed E-state index contributed by atoms with van der Waals surface area (Å²) < 4.78 is 10.1. The first-order valence-corrected chi connectivity index (χ1v) is 6.22. The molecule has 1 N–H and O–H groups in total. The lowest BCUT2D eigenvalue weighted by molar-refractivity contribution is -0.123. The number of halogens is 2. The molecule has 0 spiro atoms. The van der Waals surface area contributed by atoms with Crippen LogP contribution in [-0.2, 0) is 9.53 Å². The molecular formula is C12H15Cl2NO3. The topological polar surface area (TPSA) is 47.6 Å². The molecule has 1 amide bonds. The minimum absolute atomic E-state index is 0.0902. The number of ether oxygens (including phenoxy) is 2. The minimum atomic E-state index is -0.206. The molecule has 0 saturated carbocycles. The fraction of sp³-hybridized carbons (Fsp3) is 0.417. The molecule has 0 aliphatic carbocycles. The molecule has 0 saturated heterocycles. The van der Waals surface area contributed by atoms with Crippen molar-refractivity contribution in [2.24, 2.45) is 0 Å². The second-order valence-electron chi connectivity index (χ2n) is 3.56. The second kappa shape index (κ2) is 8.19. The van der Waals surface area contributed by atoms with E-state index < -0.39 is 0 Å². The first kappa shape index (κ1) is 15.1. The van der Waals surface area contributed by atoms with E-state index in [4.69, 9.17) is 32.7 Å². The van der Waals surface area contributed by atoms with Crippen LogP contribution in [0.3, 0.4) is 0 Å². The molecule has 6 heteroatoms. The van der Waals surface area contributed by atoms with E-state index in [0.717, 1.165) is 6.42 Å². The predicted octanol–water partition coefficient (Wildman–Crippen LogP) is 2.52. The Morgan fingerprint density at radius 3 is 2.89 bits per heavy atom. The number of carbonyl (C=O) groups is 1. The summed E-state index contributed by atoms with van der Waals surface area (Å²) in [6.45, 7) is 1.08. The summed E-state index contributed by atoms with van der Waals surface area (Å²) in [7, 11) is 1.62. The van der Waals surface area contributed by atoms with Gasteiger partial charge in [-0.25, -0.2) is 0 Å². The van der Waals surface area contributed by atoms with Crippen LogP contribution in [0.5, 0.6) is 5.75 Å². The first-order valence-electron chi connectivity index (χ1n) is 5.47. The summed E-state index contributed by atoms with van der Waals surface area (Å²) in [6, 6.07) is 4.85. The lowest BCUT2D eigenvalue weighted by Crippen LogP contribution is -2.30. The van der Waals surface area contributed by atoms with Gasteiger partial charge in [0.25, 0.3) is 5.91 Å². The summed E-state index contributed by atoms with van der Waals surface area (Å²) in [5.74, 6) is 0.193. The maximum absolute atomic E-state index is 11.4. The highest BCUT2D eigenvalue weighted by Crippen LogP contribution is 2.27. The second-order valence-corrected chi connectivity index (χ2v) is 4.40. The number of amides is 1. The molecular weight excluding hydrogens is 277 g/mol. The normalized spacial score (nSPS) is 10.2. The van der Waals surface area contributed by atoms with Gasteiger partial charge in [0.2, 0.25) is 0 Å². The zero-order valence-corrected chi connectivity index (χ0v) is 11.6. The van der Waals surface area contributed by atoms with Crippen LogP contribution in [-0.4, -0.2) is 32.8 Å². The van der Waals surface area contributed by atoms with E-state index in [0.29, 0.717) is 28.9 Å². The van der Waals surface area contributed by atoms with Gasteiger partial charge in [-0.3, -0.25) is 4.79 Å². The van der Waals surface area contributed by atoms with Crippen LogP contribution >= 0.6 is 23.2 Å². The van der Waals surface area contributed by atoms with Crippen LogP contribution in [0.25, 0.3) is 0 Å². The highest BCUT2D eigenvalue weighted by atomic mass is 35.5. The van der Waals surface area contributed by atoms with Gasteiger partial charge in [0, 0.05) is 31.4 Å². The largest absolute Gasteiger partial charge is 0.482 e. The maximum Gasteiger partial charge on any atom is 0.257 e. The smallest absolute Gasteiger partial charge is 0.257 e. The lowest BCUT2D eigenvalue weighted by atomic mass is 10.3. The molecule has 0 aliphatic rings. The zero-order chi connectivity index (χ0) is 13.4. The number of benzene rings is 1. The molecule has 1 aromatic carbocycles. The van der Waals surface area contributed by atoms with Crippen molar-refractivity contribution in [1.29, 1.82) is 0 Å². The number of carbonyl (C=O) groups excluding carboxylic acids is 1. The van der Waals surface area contributed by atoms with E-state index in [1.54, 1.807) is 25.3 Å². The number of hydrogen-bond acceptors (Lipinski definition) is 3. The number of methoxy groups -OCH3 is 1. The lowest BCUT2D eigenvalue weighted by Gasteiger charge is -2.08. The summed E-state index contributed by atoms with van der Waals surface area (Å²) in [6.07, 6.45) is 0.764. The van der Waals surface area contributed by atoms with Crippen molar-refractivity contribution in [3.05, 3.63) is 28.2 Å². The van der Waals surface area contributed by atoms with Gasteiger partial charge in [0.1, 0.15) is 5.75 Å². The molecule has 18 heavy (non-hydrogen) atoms. The van der Waals surface area contributed by atoms with E-state index in [9.17, 15) is 4.79 Å². The number of nitrogens with one attached hydrogen (secondary N) is 1. The molecule has 0 aliphatic heterocycles. The first-order chi connectivity index (χ1) is 8.63. The number of rotatable bonds is 7. The molecule has 1 aromatic rings. The molecule has 100 valence electrons. The summed E-state index contributed by atoms with van der Waals surface area (Å²) in [5.41, 5.74) is 0. The van der Waals surface area contributed by atoms with E-state index in [-0.39, 0.29) is 12.5 Å². The Morgan fingerprint density at radius 2 is 2.17 bits per heavy atom. The van der Waals surface area contributed by atoms with Crippen molar-refractivity contribution in [2.45, 2.75) is 6.42 Å². The quantitative estimate of drug-likeness (QED) is 0.786. The molecule has 4 nitrogen and oxygen atoms in total. The molecule has 0 aromatic heterocycles. The van der Waals surface area contributed by atoms with Crippen LogP contribution in [0, 0.1) is 0 Å². The van der Waals surface area contributed by atoms with Crippen molar-refractivity contribution in [2.75, 3.05) is 26.9 Å². The van der Waals surface area contributed by atoms with Gasteiger partial charge in [-0.15, -0.1) is 0 Å². The van der Waals surface area contributed by atoms with Crippen molar-refractivity contribution in [3.63, 3.8) is 0 Å². The summed E-state index contributed by atoms with van der Waals surface area (Å²) >= 11 is 11.7. The van der Waals surface area contributed by atoms with Crippen LogP contribution in [0.1, 0.15) is 6.42 Å². The Balaban J connectivity index is 2.31. The van der Waals surface area contributed by atoms with Crippen LogP contribution in [0.4, 0.5) is 0 Å². The van der Waals surface area contributed by atoms with Gasteiger partial charge < -0.3 is 14.8 Å². The standard InChI is InChI=1S/C12H15Cl2NO3/c1-17-6-2-5-15-12(16)8-18-11-7-9(13)3-4-10(11)14/h3-4,7H,2,5-6,8H2,1H3,(H,15,16). The van der Waals surface area contributed by atoms with Crippen LogP contribution in [0.15, 0.2) is 18.2 Å². The zero-order valence-electron chi connectivity index (χ0n) is 10.0. The van der Waals surface area contributed by atoms with Gasteiger partial charge in [0.05, 0.1) is 5.02 Å². The van der Waals surface area contributed by atoms with Crippen molar-refractivity contribution in [3.8, 4) is 5.75 Å². The fourth-order valence-electron chi connectivity index (χ4n) is 1.23. The van der Waals surface area contributed by atoms with Crippen molar-refractivity contribution in [1.82, 2.24) is 5.32 Å². The molecule has 0 unspecified atom stereocenters. The van der Waals surface area contributed by atoms with Crippen molar-refractivity contribution < 1.29 is 14.3 Å². The van der Waals surface area contributed by atoms with Gasteiger partial charge in [0.15, 0.2) is 6.61 Å². The minimum Gasteiger partial charge on any atom is -0.482 e. The van der Waals surface area contributed by atoms with Gasteiger partial charge in [-0.2, -0.15) is 0 Å². The van der Waals surface area contributed by atoms with Gasteiger partial charge in [-0.05, 0) is 18.6 Å². The van der Waals surface area contributed by atoms with Crippen LogP contribution in [0.2, 0.25) is 10.0 Å². The van der Waals surface area contributed by atoms with Crippen LogP contribution < -0.4 is 10.1 Å². The molecule has 0 fully saturated rings. The van der Waals surface area contributed by atoms with Crippen molar-refractivity contribution >= 4 is 29.1 Å². The SMILES string of the molecule is COCCCNC(=O)COc1cc(Cl)ccc1Cl. The van der Waals surface area contributed by atoms with E-state index in [1.807, 2.05) is 0 Å².